The lowest BCUT2D eigenvalue weighted by Gasteiger charge is -2.17. The Kier molecular flexibility index (Phi) is 4.12. The van der Waals surface area contributed by atoms with Crippen molar-refractivity contribution in [2.75, 3.05) is 20.6 Å². The van der Waals surface area contributed by atoms with Crippen molar-refractivity contribution in [3.05, 3.63) is 34.9 Å². The van der Waals surface area contributed by atoms with Crippen molar-refractivity contribution < 1.29 is 9.90 Å². The van der Waals surface area contributed by atoms with E-state index in [-0.39, 0.29) is 0 Å². The first-order valence-electron chi connectivity index (χ1n) is 4.63. The number of carbonyl (C=O) groups is 1. The summed E-state index contributed by atoms with van der Waals surface area (Å²) in [4.78, 5) is 12.9. The van der Waals surface area contributed by atoms with E-state index in [0.29, 0.717) is 11.6 Å². The molecule has 4 heteroatoms. The smallest absolute Gasteiger partial charge is 0.312 e. The van der Waals surface area contributed by atoms with E-state index in [2.05, 4.69) is 0 Å². The summed E-state index contributed by atoms with van der Waals surface area (Å²) in [5, 5.41) is 9.66. The highest BCUT2D eigenvalue weighted by molar-refractivity contribution is 6.30. The quantitative estimate of drug-likeness (QED) is 0.856. The lowest BCUT2D eigenvalue weighted by Crippen LogP contribution is -2.25. The summed E-state index contributed by atoms with van der Waals surface area (Å²) in [6.45, 7) is 0.468. The van der Waals surface area contributed by atoms with Crippen molar-refractivity contribution in [3.63, 3.8) is 0 Å². The number of benzene rings is 1. The molecule has 0 aliphatic rings. The molecule has 0 bridgehead atoms. The Labute approximate surface area is 94.3 Å². The summed E-state index contributed by atoms with van der Waals surface area (Å²) in [6.07, 6.45) is 0. The molecule has 0 fully saturated rings. The summed E-state index contributed by atoms with van der Waals surface area (Å²) in [7, 11) is 3.70. The average molecular weight is 228 g/mol. The monoisotopic (exact) mass is 227 g/mol. The molecule has 1 atom stereocenters. The first-order valence-corrected chi connectivity index (χ1v) is 5.01. The van der Waals surface area contributed by atoms with E-state index in [1.165, 1.54) is 0 Å². The fourth-order valence-electron chi connectivity index (χ4n) is 1.41. The third kappa shape index (κ3) is 3.53. The van der Waals surface area contributed by atoms with Crippen molar-refractivity contribution in [3.8, 4) is 0 Å². The number of halogens is 1. The molecule has 0 aromatic heterocycles. The number of nitrogens with zero attached hydrogens (tertiary/aromatic N) is 1. The van der Waals surface area contributed by atoms with Gasteiger partial charge in [-0.25, -0.2) is 0 Å². The van der Waals surface area contributed by atoms with Gasteiger partial charge in [0.2, 0.25) is 0 Å². The normalized spacial score (nSPS) is 12.8. The zero-order valence-corrected chi connectivity index (χ0v) is 9.53. The van der Waals surface area contributed by atoms with E-state index >= 15 is 0 Å². The second kappa shape index (κ2) is 5.14. The van der Waals surface area contributed by atoms with Gasteiger partial charge in [0.25, 0.3) is 0 Å². The highest BCUT2D eigenvalue weighted by Crippen LogP contribution is 2.20. The maximum Gasteiger partial charge on any atom is 0.312 e. The Morgan fingerprint density at radius 2 is 2.20 bits per heavy atom. The van der Waals surface area contributed by atoms with E-state index in [9.17, 15) is 4.79 Å². The number of rotatable bonds is 4. The standard InChI is InChI=1S/C11H14ClNO2/c1-13(2)7-10(11(14)15)8-4-3-5-9(12)6-8/h3-6,10H,7H2,1-2H3,(H,14,15). The number of hydrogen-bond acceptors (Lipinski definition) is 2. The fourth-order valence-corrected chi connectivity index (χ4v) is 1.61. The third-order valence-corrected chi connectivity index (χ3v) is 2.33. The molecule has 1 N–H and O–H groups in total. The Morgan fingerprint density at radius 3 is 2.67 bits per heavy atom. The Balaban J connectivity index is 2.94. The summed E-state index contributed by atoms with van der Waals surface area (Å²) in [5.74, 6) is -1.36. The molecule has 0 spiro atoms. The molecule has 0 saturated heterocycles. The molecule has 1 unspecified atom stereocenters. The zero-order chi connectivity index (χ0) is 11.4. The van der Waals surface area contributed by atoms with Crippen molar-refractivity contribution in [2.24, 2.45) is 0 Å². The van der Waals surface area contributed by atoms with Gasteiger partial charge in [0.15, 0.2) is 0 Å². The van der Waals surface area contributed by atoms with Crippen LogP contribution in [0.3, 0.4) is 0 Å². The van der Waals surface area contributed by atoms with Crippen molar-refractivity contribution >= 4 is 17.6 Å². The molecule has 15 heavy (non-hydrogen) atoms. The van der Waals surface area contributed by atoms with E-state index < -0.39 is 11.9 Å². The van der Waals surface area contributed by atoms with Crippen LogP contribution in [0.4, 0.5) is 0 Å². The summed E-state index contributed by atoms with van der Waals surface area (Å²) in [6, 6.07) is 6.99. The van der Waals surface area contributed by atoms with Crippen LogP contribution >= 0.6 is 11.6 Å². The first kappa shape index (κ1) is 12.0. The van der Waals surface area contributed by atoms with Gasteiger partial charge in [-0.05, 0) is 31.8 Å². The van der Waals surface area contributed by atoms with Crippen molar-refractivity contribution in [1.82, 2.24) is 4.90 Å². The summed E-state index contributed by atoms with van der Waals surface area (Å²) < 4.78 is 0. The molecule has 82 valence electrons. The SMILES string of the molecule is CN(C)CC(C(=O)O)c1cccc(Cl)c1. The molecular weight excluding hydrogens is 214 g/mol. The molecule has 1 rings (SSSR count). The van der Waals surface area contributed by atoms with Gasteiger partial charge in [0, 0.05) is 11.6 Å². The number of carboxylic acid groups (broad SMARTS) is 1. The predicted molar refractivity (Wildman–Crippen MR) is 60.4 cm³/mol. The summed E-state index contributed by atoms with van der Waals surface area (Å²) >= 11 is 5.82. The van der Waals surface area contributed by atoms with Crippen LogP contribution in [0.25, 0.3) is 0 Å². The van der Waals surface area contributed by atoms with Crippen molar-refractivity contribution in [2.45, 2.75) is 5.92 Å². The second-order valence-electron chi connectivity index (χ2n) is 3.71. The van der Waals surface area contributed by atoms with Crippen LogP contribution in [0, 0.1) is 0 Å². The van der Waals surface area contributed by atoms with E-state index in [1.807, 2.05) is 19.0 Å². The molecule has 0 amide bonds. The van der Waals surface area contributed by atoms with E-state index in [4.69, 9.17) is 16.7 Å². The van der Waals surface area contributed by atoms with Gasteiger partial charge in [-0.3, -0.25) is 4.79 Å². The molecule has 3 nitrogen and oxygen atoms in total. The third-order valence-electron chi connectivity index (χ3n) is 2.10. The van der Waals surface area contributed by atoms with Crippen LogP contribution in [0.15, 0.2) is 24.3 Å². The molecule has 0 saturated carbocycles. The lowest BCUT2D eigenvalue weighted by molar-refractivity contribution is -0.139. The van der Waals surface area contributed by atoms with Crippen LogP contribution in [0.2, 0.25) is 5.02 Å². The van der Waals surface area contributed by atoms with Gasteiger partial charge in [-0.2, -0.15) is 0 Å². The van der Waals surface area contributed by atoms with Crippen LogP contribution in [-0.2, 0) is 4.79 Å². The molecular formula is C11H14ClNO2. The first-order chi connectivity index (χ1) is 7.00. The Hall–Kier alpha value is -1.06. The van der Waals surface area contributed by atoms with E-state index in [0.717, 1.165) is 5.56 Å². The number of likely N-dealkylation sites (N-methyl/N-ethyl adjacent to an activating group) is 1. The molecule has 1 aromatic carbocycles. The highest BCUT2D eigenvalue weighted by Gasteiger charge is 2.20. The average Bonchev–Trinajstić information content (AvgIpc) is 2.13. The molecule has 0 aliphatic heterocycles. The maximum atomic E-state index is 11.1. The Morgan fingerprint density at radius 1 is 1.53 bits per heavy atom. The number of hydrogen-bond donors (Lipinski definition) is 1. The van der Waals surface area contributed by atoms with Crippen LogP contribution in [-0.4, -0.2) is 36.6 Å². The lowest BCUT2D eigenvalue weighted by atomic mass is 9.99. The Bertz CT molecular complexity index is 352. The second-order valence-corrected chi connectivity index (χ2v) is 4.14. The van der Waals surface area contributed by atoms with Gasteiger partial charge in [-0.15, -0.1) is 0 Å². The van der Waals surface area contributed by atoms with Crippen LogP contribution < -0.4 is 0 Å². The maximum absolute atomic E-state index is 11.1. The minimum absolute atomic E-state index is 0.468. The van der Waals surface area contributed by atoms with Gasteiger partial charge in [0.1, 0.15) is 0 Å². The van der Waals surface area contributed by atoms with E-state index in [1.54, 1.807) is 24.3 Å². The zero-order valence-electron chi connectivity index (χ0n) is 8.77. The van der Waals surface area contributed by atoms with Crippen LogP contribution in [0.5, 0.6) is 0 Å². The van der Waals surface area contributed by atoms with Crippen LogP contribution in [0.1, 0.15) is 11.5 Å². The summed E-state index contributed by atoms with van der Waals surface area (Å²) in [5.41, 5.74) is 0.740. The minimum Gasteiger partial charge on any atom is -0.481 e. The molecule has 0 aliphatic carbocycles. The predicted octanol–water partition coefficient (Wildman–Crippen LogP) is 2.07. The number of aliphatic carboxylic acids is 1. The van der Waals surface area contributed by atoms with Gasteiger partial charge < -0.3 is 10.0 Å². The molecule has 1 aromatic rings. The van der Waals surface area contributed by atoms with Crippen molar-refractivity contribution in [1.29, 1.82) is 0 Å². The minimum atomic E-state index is -0.828. The molecule has 0 radical (unpaired) electrons. The molecule has 0 heterocycles. The highest BCUT2D eigenvalue weighted by atomic mass is 35.5. The fraction of sp³-hybridized carbons (Fsp3) is 0.364. The van der Waals surface area contributed by atoms with Gasteiger partial charge >= 0.3 is 5.97 Å². The van der Waals surface area contributed by atoms with Gasteiger partial charge in [-0.1, -0.05) is 23.7 Å². The number of carboxylic acids is 1. The van der Waals surface area contributed by atoms with Gasteiger partial charge in [0.05, 0.1) is 5.92 Å². The largest absolute Gasteiger partial charge is 0.481 e. The topological polar surface area (TPSA) is 40.5 Å².